The van der Waals surface area contributed by atoms with Crippen LogP contribution in [0.15, 0.2) is 24.3 Å². The van der Waals surface area contributed by atoms with Crippen molar-refractivity contribution in [1.82, 2.24) is 5.32 Å². The lowest BCUT2D eigenvalue weighted by molar-refractivity contribution is -0.123. The zero-order chi connectivity index (χ0) is 17.5. The van der Waals surface area contributed by atoms with E-state index in [1.54, 1.807) is 0 Å². The summed E-state index contributed by atoms with van der Waals surface area (Å²) in [5, 5.41) is 20.4. The summed E-state index contributed by atoms with van der Waals surface area (Å²) in [5.74, 6) is -0.814. The van der Waals surface area contributed by atoms with Crippen LogP contribution >= 0.6 is 0 Å². The minimum atomic E-state index is -3.25. The Morgan fingerprint density at radius 1 is 1.35 bits per heavy atom. The zero-order valence-electron chi connectivity index (χ0n) is 13.2. The summed E-state index contributed by atoms with van der Waals surface area (Å²) in [6, 6.07) is 7.60. The number of hydrogen-bond acceptors (Lipinski definition) is 6. The van der Waals surface area contributed by atoms with Crippen molar-refractivity contribution in [3.05, 3.63) is 35.4 Å². The minimum absolute atomic E-state index is 0.213. The summed E-state index contributed by atoms with van der Waals surface area (Å²) in [4.78, 5) is 11.8. The molecule has 0 spiro atoms. The molecule has 0 radical (unpaired) electrons. The average molecular weight is 343 g/mol. The van der Waals surface area contributed by atoms with Crippen molar-refractivity contribution >= 4 is 23.1 Å². The first-order chi connectivity index (χ1) is 10.7. The highest BCUT2D eigenvalue weighted by Gasteiger charge is 2.21. The van der Waals surface area contributed by atoms with Crippen LogP contribution in [0.1, 0.15) is 24.5 Å². The molecule has 9 heteroatoms. The molecule has 7 nitrogen and oxygen atoms in total. The fraction of sp³-hybridized carbons (Fsp3) is 0.500. The first-order valence-corrected chi connectivity index (χ1v) is 9.32. The molecule has 0 aliphatic rings. The summed E-state index contributed by atoms with van der Waals surface area (Å²) in [6.07, 6.45) is 0.949. The highest BCUT2D eigenvalue weighted by atomic mass is 32.2. The van der Waals surface area contributed by atoms with Gasteiger partial charge in [-0.15, -0.1) is 0 Å². The second-order valence-electron chi connectivity index (χ2n) is 5.28. The molecule has 1 aromatic rings. The molecule has 0 aliphatic heterocycles. The van der Waals surface area contributed by atoms with Crippen LogP contribution in [0.25, 0.3) is 0 Å². The number of amides is 1. The molecule has 0 fully saturated rings. The second-order valence-corrected chi connectivity index (χ2v) is 7.54. The van der Waals surface area contributed by atoms with Gasteiger partial charge < -0.3 is 20.0 Å². The molecule has 0 aliphatic carbocycles. The molecule has 0 bridgehead atoms. The zero-order valence-corrected chi connectivity index (χ0v) is 14.0. The van der Waals surface area contributed by atoms with Gasteiger partial charge in [-0.1, -0.05) is 31.2 Å². The molecular formula is C14H22BNO6S. The van der Waals surface area contributed by atoms with Crippen molar-refractivity contribution in [2.24, 2.45) is 0 Å². The van der Waals surface area contributed by atoms with Gasteiger partial charge in [-0.25, -0.2) is 8.42 Å². The predicted molar refractivity (Wildman–Crippen MR) is 87.1 cm³/mol. The van der Waals surface area contributed by atoms with Crippen LogP contribution in [-0.2, 0) is 32.1 Å². The largest absolute Gasteiger partial charge is 0.635 e. The number of benzene rings is 1. The highest BCUT2D eigenvalue weighted by molar-refractivity contribution is 7.90. The van der Waals surface area contributed by atoms with Gasteiger partial charge in [-0.2, -0.15) is 0 Å². The molecule has 23 heavy (non-hydrogen) atoms. The molecule has 3 N–H and O–H groups in total. The van der Waals surface area contributed by atoms with Crippen LogP contribution in [0.4, 0.5) is 0 Å². The minimum Gasteiger partial charge on any atom is -0.402 e. The third-order valence-corrected chi connectivity index (χ3v) is 4.07. The van der Waals surface area contributed by atoms with Crippen LogP contribution < -0.4 is 5.32 Å². The summed E-state index contributed by atoms with van der Waals surface area (Å²) < 4.78 is 27.0. The van der Waals surface area contributed by atoms with Crippen LogP contribution in [0, 0.1) is 0 Å². The number of rotatable bonds is 9. The molecule has 0 saturated heterocycles. The summed E-state index contributed by atoms with van der Waals surface area (Å²) in [7, 11) is -5.28. The molecule has 1 atom stereocenters. The predicted octanol–water partition coefficient (Wildman–Crippen LogP) is -0.345. The third kappa shape index (κ3) is 8.70. The Kier molecular flexibility index (Phi) is 7.70. The van der Waals surface area contributed by atoms with E-state index in [1.165, 1.54) is 0 Å². The highest BCUT2D eigenvalue weighted by Crippen LogP contribution is 2.09. The van der Waals surface area contributed by atoms with Gasteiger partial charge in [0.2, 0.25) is 5.91 Å². The maximum atomic E-state index is 11.8. The third-order valence-electron chi connectivity index (χ3n) is 3.13. The fourth-order valence-electron chi connectivity index (χ4n) is 2.00. The molecule has 0 aromatic heterocycles. The lowest BCUT2D eigenvalue weighted by atomic mass is 10.1. The van der Waals surface area contributed by atoms with E-state index in [4.69, 9.17) is 14.7 Å². The first-order valence-electron chi connectivity index (χ1n) is 7.26. The van der Waals surface area contributed by atoms with E-state index in [2.05, 4.69) is 5.32 Å². The van der Waals surface area contributed by atoms with Gasteiger partial charge >= 0.3 is 7.32 Å². The van der Waals surface area contributed by atoms with E-state index in [0.717, 1.165) is 23.8 Å². The standard InChI is InChI=1S/C14H22BNO6S/c1-3-11-5-4-6-12(9-11)10-14(22-15(18)19)16-13(17)7-8-23(2,20)21/h4-6,9,14,18-19H,3,7-8,10H2,1-2H3,(H,16,17). The van der Waals surface area contributed by atoms with Crippen LogP contribution in [0.5, 0.6) is 0 Å². The fourth-order valence-corrected chi connectivity index (χ4v) is 2.56. The van der Waals surface area contributed by atoms with Crippen molar-refractivity contribution < 1.29 is 27.9 Å². The maximum Gasteiger partial charge on any atom is 0.635 e. The average Bonchev–Trinajstić information content (AvgIpc) is 2.44. The van der Waals surface area contributed by atoms with Crippen LogP contribution in [-0.4, -0.2) is 49.9 Å². The molecular weight excluding hydrogens is 321 g/mol. The first kappa shape index (κ1) is 19.6. The van der Waals surface area contributed by atoms with E-state index < -0.39 is 29.3 Å². The molecule has 1 aromatic carbocycles. The quantitative estimate of drug-likeness (QED) is 0.417. The number of carbonyl (C=O) groups excluding carboxylic acids is 1. The van der Waals surface area contributed by atoms with E-state index in [-0.39, 0.29) is 18.6 Å². The monoisotopic (exact) mass is 343 g/mol. The van der Waals surface area contributed by atoms with E-state index in [1.807, 2.05) is 31.2 Å². The smallest absolute Gasteiger partial charge is 0.402 e. The topological polar surface area (TPSA) is 113 Å². The normalized spacial score (nSPS) is 12.7. The lowest BCUT2D eigenvalue weighted by Crippen LogP contribution is -2.42. The molecule has 0 saturated carbocycles. The molecule has 1 amide bonds. The summed E-state index contributed by atoms with van der Waals surface area (Å²) >= 11 is 0. The van der Waals surface area contributed by atoms with Gasteiger partial charge in [0.05, 0.1) is 5.75 Å². The Labute approximate surface area is 136 Å². The van der Waals surface area contributed by atoms with Crippen LogP contribution in [0.3, 0.4) is 0 Å². The van der Waals surface area contributed by atoms with Crippen molar-refractivity contribution in [2.75, 3.05) is 12.0 Å². The van der Waals surface area contributed by atoms with Gasteiger partial charge in [-0.05, 0) is 17.5 Å². The van der Waals surface area contributed by atoms with Crippen molar-refractivity contribution in [2.45, 2.75) is 32.4 Å². The van der Waals surface area contributed by atoms with Crippen molar-refractivity contribution in [1.29, 1.82) is 0 Å². The van der Waals surface area contributed by atoms with Gasteiger partial charge in [0, 0.05) is 19.1 Å². The number of aryl methyl sites for hydroxylation is 1. The lowest BCUT2D eigenvalue weighted by Gasteiger charge is -2.19. The van der Waals surface area contributed by atoms with E-state index >= 15 is 0 Å². The summed E-state index contributed by atoms with van der Waals surface area (Å²) in [5.41, 5.74) is 1.97. The number of sulfone groups is 1. The Hall–Kier alpha value is -1.42. The molecule has 1 unspecified atom stereocenters. The van der Waals surface area contributed by atoms with E-state index in [9.17, 15) is 13.2 Å². The number of hydrogen-bond donors (Lipinski definition) is 3. The summed E-state index contributed by atoms with van der Waals surface area (Å²) in [6.45, 7) is 2.01. The Bertz CT molecular complexity index is 619. The number of carbonyl (C=O) groups is 1. The maximum absolute atomic E-state index is 11.8. The Morgan fingerprint density at radius 3 is 2.57 bits per heavy atom. The van der Waals surface area contributed by atoms with Gasteiger partial charge in [0.25, 0.3) is 0 Å². The van der Waals surface area contributed by atoms with Crippen LogP contribution in [0.2, 0.25) is 0 Å². The van der Waals surface area contributed by atoms with Gasteiger partial charge in [0.15, 0.2) is 0 Å². The van der Waals surface area contributed by atoms with Crippen molar-refractivity contribution in [3.63, 3.8) is 0 Å². The molecule has 0 heterocycles. The van der Waals surface area contributed by atoms with Crippen molar-refractivity contribution in [3.8, 4) is 0 Å². The second kappa shape index (κ2) is 9.02. The SMILES string of the molecule is CCc1cccc(CC(NC(=O)CCS(C)(=O)=O)OB(O)O)c1. The number of nitrogens with one attached hydrogen (secondary N) is 1. The Balaban J connectivity index is 2.69. The van der Waals surface area contributed by atoms with E-state index in [0.29, 0.717) is 0 Å². The van der Waals surface area contributed by atoms with Gasteiger partial charge in [-0.3, -0.25) is 4.79 Å². The molecule has 128 valence electrons. The van der Waals surface area contributed by atoms with Gasteiger partial charge in [0.1, 0.15) is 16.1 Å². The molecule has 1 rings (SSSR count). The Morgan fingerprint density at radius 2 is 2.00 bits per heavy atom.